The zero-order chi connectivity index (χ0) is 18.5. The monoisotopic (exact) mass is 356 g/mol. The number of halogens is 1. The molecule has 5 nitrogen and oxygen atoms in total. The summed E-state index contributed by atoms with van der Waals surface area (Å²) >= 11 is 0. The van der Waals surface area contributed by atoms with E-state index < -0.39 is 11.7 Å². The summed E-state index contributed by atoms with van der Waals surface area (Å²) in [4.78, 5) is 26.0. The van der Waals surface area contributed by atoms with Crippen LogP contribution in [-0.2, 0) is 9.59 Å². The second kappa shape index (κ2) is 7.99. The average Bonchev–Trinajstić information content (AvgIpc) is 2.63. The van der Waals surface area contributed by atoms with Crippen molar-refractivity contribution in [1.82, 2.24) is 0 Å². The summed E-state index contributed by atoms with van der Waals surface area (Å²) < 4.78 is 18.7. The molecule has 1 aliphatic heterocycles. The van der Waals surface area contributed by atoms with Crippen LogP contribution in [-0.4, -0.2) is 25.0 Å². The summed E-state index contributed by atoms with van der Waals surface area (Å²) in [6.07, 6.45) is 2.43. The molecule has 0 saturated carbocycles. The van der Waals surface area contributed by atoms with Crippen molar-refractivity contribution in [2.45, 2.75) is 26.2 Å². The van der Waals surface area contributed by atoms with Crippen molar-refractivity contribution in [3.05, 3.63) is 53.8 Å². The normalized spacial score (nSPS) is 14.2. The number of amides is 2. The molecule has 1 heterocycles. The molecule has 6 heteroatoms. The molecule has 26 heavy (non-hydrogen) atoms. The van der Waals surface area contributed by atoms with Gasteiger partial charge in [-0.1, -0.05) is 18.2 Å². The van der Waals surface area contributed by atoms with Crippen LogP contribution >= 0.6 is 0 Å². The molecule has 0 unspecified atom stereocenters. The molecule has 1 fully saturated rings. The fourth-order valence-corrected chi connectivity index (χ4v) is 2.94. The number of piperidine rings is 1. The molecular weight excluding hydrogens is 335 g/mol. The van der Waals surface area contributed by atoms with Crippen LogP contribution in [0, 0.1) is 12.7 Å². The highest BCUT2D eigenvalue weighted by Crippen LogP contribution is 2.27. The molecule has 2 amide bonds. The molecule has 2 aromatic rings. The highest BCUT2D eigenvalue weighted by molar-refractivity contribution is 5.97. The number of para-hydroxylation sites is 1. The van der Waals surface area contributed by atoms with E-state index in [0.29, 0.717) is 18.7 Å². The number of carbonyl (C=O) groups excluding carboxylic acids is 2. The lowest BCUT2D eigenvalue weighted by atomic mass is 10.1. The Morgan fingerprint density at radius 2 is 2.04 bits per heavy atom. The molecule has 0 radical (unpaired) electrons. The Morgan fingerprint density at radius 1 is 1.23 bits per heavy atom. The lowest BCUT2D eigenvalue weighted by Gasteiger charge is -2.28. The number of hydrogen-bond donors (Lipinski definition) is 1. The van der Waals surface area contributed by atoms with Crippen molar-refractivity contribution < 1.29 is 18.7 Å². The maximum atomic E-state index is 13.5. The Balaban J connectivity index is 1.66. The number of anilines is 2. The van der Waals surface area contributed by atoms with Gasteiger partial charge in [-0.05, 0) is 49.6 Å². The van der Waals surface area contributed by atoms with Gasteiger partial charge in [0.05, 0.1) is 0 Å². The van der Waals surface area contributed by atoms with Crippen molar-refractivity contribution >= 4 is 23.2 Å². The number of nitrogens with one attached hydrogen (secondary N) is 1. The summed E-state index contributed by atoms with van der Waals surface area (Å²) in [6.45, 7) is 2.32. The van der Waals surface area contributed by atoms with Gasteiger partial charge in [0.1, 0.15) is 0 Å². The standard InChI is InChI=1S/C20H21FN2O3/c1-14-9-10-15(12-17(14)23-11-5-4-8-20(23)25)22-19(24)13-26-18-7-3-2-6-16(18)21/h2-3,6-7,9-10,12H,4-5,8,11,13H2,1H3,(H,22,24). The third-order valence-corrected chi connectivity index (χ3v) is 4.30. The highest BCUT2D eigenvalue weighted by atomic mass is 19.1. The van der Waals surface area contributed by atoms with Crippen LogP contribution in [0.3, 0.4) is 0 Å². The number of carbonyl (C=O) groups is 2. The Labute approximate surface area is 151 Å². The van der Waals surface area contributed by atoms with Gasteiger partial charge in [-0.25, -0.2) is 4.39 Å². The quantitative estimate of drug-likeness (QED) is 0.889. The van der Waals surface area contributed by atoms with Crippen LogP contribution in [0.5, 0.6) is 5.75 Å². The number of aryl methyl sites for hydroxylation is 1. The molecule has 0 aliphatic carbocycles. The lowest BCUT2D eigenvalue weighted by Crippen LogP contribution is -2.35. The third kappa shape index (κ3) is 4.20. The van der Waals surface area contributed by atoms with Crippen LogP contribution in [0.4, 0.5) is 15.8 Å². The van der Waals surface area contributed by atoms with E-state index in [4.69, 9.17) is 4.74 Å². The topological polar surface area (TPSA) is 58.6 Å². The largest absolute Gasteiger partial charge is 0.481 e. The van der Waals surface area contributed by atoms with Crippen molar-refractivity contribution in [3.8, 4) is 5.75 Å². The number of hydrogen-bond acceptors (Lipinski definition) is 3. The molecule has 1 aliphatic rings. The molecule has 136 valence electrons. The fraction of sp³-hybridized carbons (Fsp3) is 0.300. The van der Waals surface area contributed by atoms with E-state index in [-0.39, 0.29) is 18.3 Å². The molecule has 1 saturated heterocycles. The molecule has 0 spiro atoms. The number of ether oxygens (including phenoxy) is 1. The van der Waals surface area contributed by atoms with Gasteiger partial charge in [-0.3, -0.25) is 9.59 Å². The Hall–Kier alpha value is -2.89. The van der Waals surface area contributed by atoms with E-state index in [9.17, 15) is 14.0 Å². The number of rotatable bonds is 5. The van der Waals surface area contributed by atoms with Gasteiger partial charge in [0.25, 0.3) is 5.91 Å². The van der Waals surface area contributed by atoms with Gasteiger partial charge in [-0.2, -0.15) is 0 Å². The predicted octanol–water partition coefficient (Wildman–Crippen LogP) is 3.67. The second-order valence-corrected chi connectivity index (χ2v) is 6.27. The Kier molecular flexibility index (Phi) is 5.51. The van der Waals surface area contributed by atoms with Crippen LogP contribution < -0.4 is 15.0 Å². The van der Waals surface area contributed by atoms with E-state index >= 15 is 0 Å². The van der Waals surface area contributed by atoms with E-state index in [1.165, 1.54) is 12.1 Å². The van der Waals surface area contributed by atoms with Crippen molar-refractivity contribution in [1.29, 1.82) is 0 Å². The van der Waals surface area contributed by atoms with E-state index in [0.717, 1.165) is 24.1 Å². The molecular formula is C20H21FN2O3. The van der Waals surface area contributed by atoms with Crippen LogP contribution in [0.15, 0.2) is 42.5 Å². The van der Waals surface area contributed by atoms with E-state index in [1.807, 2.05) is 13.0 Å². The van der Waals surface area contributed by atoms with E-state index in [1.54, 1.807) is 29.2 Å². The zero-order valence-corrected chi connectivity index (χ0v) is 14.6. The fourth-order valence-electron chi connectivity index (χ4n) is 2.94. The SMILES string of the molecule is Cc1ccc(NC(=O)COc2ccccc2F)cc1N1CCCCC1=O. The lowest BCUT2D eigenvalue weighted by molar-refractivity contribution is -0.119. The summed E-state index contributed by atoms with van der Waals surface area (Å²) in [5, 5.41) is 2.73. The van der Waals surface area contributed by atoms with Gasteiger partial charge >= 0.3 is 0 Å². The Morgan fingerprint density at radius 3 is 2.81 bits per heavy atom. The summed E-state index contributed by atoms with van der Waals surface area (Å²) in [6, 6.07) is 11.4. The van der Waals surface area contributed by atoms with Gasteiger partial charge < -0.3 is 15.0 Å². The smallest absolute Gasteiger partial charge is 0.262 e. The van der Waals surface area contributed by atoms with Gasteiger partial charge in [-0.15, -0.1) is 0 Å². The van der Waals surface area contributed by atoms with Crippen molar-refractivity contribution in [3.63, 3.8) is 0 Å². The van der Waals surface area contributed by atoms with E-state index in [2.05, 4.69) is 5.32 Å². The van der Waals surface area contributed by atoms with Crippen LogP contribution in [0.2, 0.25) is 0 Å². The van der Waals surface area contributed by atoms with Gasteiger partial charge in [0.15, 0.2) is 18.2 Å². The molecule has 0 bridgehead atoms. The first-order valence-corrected chi connectivity index (χ1v) is 8.63. The zero-order valence-electron chi connectivity index (χ0n) is 14.6. The predicted molar refractivity (Wildman–Crippen MR) is 97.9 cm³/mol. The minimum Gasteiger partial charge on any atom is -0.481 e. The second-order valence-electron chi connectivity index (χ2n) is 6.27. The summed E-state index contributed by atoms with van der Waals surface area (Å²) in [7, 11) is 0. The number of benzene rings is 2. The van der Waals surface area contributed by atoms with Crippen molar-refractivity contribution in [2.24, 2.45) is 0 Å². The average molecular weight is 356 g/mol. The van der Waals surface area contributed by atoms with Crippen LogP contribution in [0.1, 0.15) is 24.8 Å². The minimum atomic E-state index is -0.512. The third-order valence-electron chi connectivity index (χ3n) is 4.30. The molecule has 0 aromatic heterocycles. The summed E-state index contributed by atoms with van der Waals surface area (Å²) in [5.41, 5.74) is 2.36. The number of nitrogens with zero attached hydrogens (tertiary/aromatic N) is 1. The maximum absolute atomic E-state index is 13.5. The molecule has 1 N–H and O–H groups in total. The summed E-state index contributed by atoms with van der Waals surface area (Å²) in [5.74, 6) is -0.772. The van der Waals surface area contributed by atoms with Gasteiger partial charge in [0, 0.05) is 24.3 Å². The molecule has 3 rings (SSSR count). The van der Waals surface area contributed by atoms with Crippen LogP contribution in [0.25, 0.3) is 0 Å². The first-order chi connectivity index (χ1) is 12.5. The highest BCUT2D eigenvalue weighted by Gasteiger charge is 2.21. The van der Waals surface area contributed by atoms with Gasteiger partial charge in [0.2, 0.25) is 5.91 Å². The van der Waals surface area contributed by atoms with Crippen molar-refractivity contribution in [2.75, 3.05) is 23.4 Å². The minimum absolute atomic E-state index is 0.0335. The molecule has 0 atom stereocenters. The Bertz CT molecular complexity index is 822. The first kappa shape index (κ1) is 17.9. The molecule has 2 aromatic carbocycles. The first-order valence-electron chi connectivity index (χ1n) is 8.63. The maximum Gasteiger partial charge on any atom is 0.262 e.